The van der Waals surface area contributed by atoms with Gasteiger partial charge in [-0.05, 0) is 25.0 Å². The third-order valence-corrected chi connectivity index (χ3v) is 7.00. The summed E-state index contributed by atoms with van der Waals surface area (Å²) in [5, 5.41) is 5.52. The fraction of sp³-hybridized carbons (Fsp3) is 0.524. The minimum Gasteiger partial charge on any atom is -0.360 e. The van der Waals surface area contributed by atoms with Crippen LogP contribution >= 0.6 is 11.3 Å². The Morgan fingerprint density at radius 1 is 1.04 bits per heavy atom. The van der Waals surface area contributed by atoms with Crippen LogP contribution in [0.15, 0.2) is 34.9 Å². The van der Waals surface area contributed by atoms with E-state index in [0.717, 1.165) is 49.1 Å². The van der Waals surface area contributed by atoms with Gasteiger partial charge in [0.15, 0.2) is 10.9 Å². The Labute approximate surface area is 164 Å². The molecule has 27 heavy (non-hydrogen) atoms. The molecule has 5 nitrogen and oxygen atoms in total. The van der Waals surface area contributed by atoms with E-state index < -0.39 is 0 Å². The Morgan fingerprint density at radius 2 is 1.85 bits per heavy atom. The highest BCUT2D eigenvalue weighted by molar-refractivity contribution is 7.22. The number of aromatic nitrogens is 2. The molecule has 3 heterocycles. The Kier molecular flexibility index (Phi) is 4.84. The Balaban J connectivity index is 1.18. The maximum Gasteiger partial charge on any atom is 0.186 e. The number of hydrogen-bond donors (Lipinski definition) is 0. The lowest BCUT2D eigenvalue weighted by Gasteiger charge is -2.33. The third-order valence-electron chi connectivity index (χ3n) is 5.91. The molecule has 6 heteroatoms. The fourth-order valence-corrected chi connectivity index (χ4v) is 5.32. The Bertz CT molecular complexity index is 857. The van der Waals surface area contributed by atoms with Crippen LogP contribution < -0.4 is 4.90 Å². The Hall–Kier alpha value is -1.92. The van der Waals surface area contributed by atoms with E-state index in [4.69, 9.17) is 9.51 Å². The summed E-state index contributed by atoms with van der Waals surface area (Å²) in [4.78, 5) is 9.68. The molecule has 0 bridgehead atoms. The summed E-state index contributed by atoms with van der Waals surface area (Å²) < 4.78 is 6.93. The number of hydrogen-bond acceptors (Lipinski definition) is 6. The summed E-state index contributed by atoms with van der Waals surface area (Å²) in [5.74, 6) is 1.64. The highest BCUT2D eigenvalue weighted by atomic mass is 32.1. The monoisotopic (exact) mass is 382 g/mol. The first-order valence-electron chi connectivity index (χ1n) is 10.1. The average Bonchev–Trinajstić information content (AvgIpc) is 3.36. The van der Waals surface area contributed by atoms with E-state index in [0.29, 0.717) is 5.92 Å². The molecule has 3 aromatic rings. The molecule has 1 aromatic carbocycles. The second kappa shape index (κ2) is 7.60. The molecule has 0 amide bonds. The van der Waals surface area contributed by atoms with Gasteiger partial charge >= 0.3 is 0 Å². The van der Waals surface area contributed by atoms with E-state index in [-0.39, 0.29) is 0 Å². The molecule has 1 saturated heterocycles. The average molecular weight is 383 g/mol. The van der Waals surface area contributed by atoms with Crippen molar-refractivity contribution in [2.45, 2.75) is 44.6 Å². The summed E-state index contributed by atoms with van der Waals surface area (Å²) in [7, 11) is 0. The molecular formula is C21H26N4OS. The van der Waals surface area contributed by atoms with Crippen molar-refractivity contribution in [2.75, 3.05) is 31.1 Å². The van der Waals surface area contributed by atoms with Gasteiger partial charge in [0.05, 0.1) is 22.5 Å². The van der Waals surface area contributed by atoms with Gasteiger partial charge in [0.25, 0.3) is 0 Å². The van der Waals surface area contributed by atoms with Crippen molar-refractivity contribution >= 4 is 26.7 Å². The first-order chi connectivity index (χ1) is 13.3. The maximum atomic E-state index is 5.66. The minimum absolute atomic E-state index is 0.618. The first kappa shape index (κ1) is 17.2. The van der Waals surface area contributed by atoms with Crippen LogP contribution in [0.5, 0.6) is 0 Å². The smallest absolute Gasteiger partial charge is 0.186 e. The van der Waals surface area contributed by atoms with Gasteiger partial charge in [-0.1, -0.05) is 47.9 Å². The van der Waals surface area contributed by atoms with E-state index in [1.165, 1.54) is 42.5 Å². The fourth-order valence-electron chi connectivity index (χ4n) is 4.31. The molecule has 0 atom stereocenters. The molecule has 0 radical (unpaired) electrons. The van der Waals surface area contributed by atoms with Gasteiger partial charge < -0.3 is 9.42 Å². The van der Waals surface area contributed by atoms with E-state index in [1.54, 1.807) is 11.3 Å². The molecule has 5 rings (SSSR count). The van der Waals surface area contributed by atoms with Gasteiger partial charge in [0, 0.05) is 38.2 Å². The van der Waals surface area contributed by atoms with Gasteiger partial charge in [0.1, 0.15) is 0 Å². The maximum absolute atomic E-state index is 5.66. The number of thiazole rings is 1. The molecule has 0 N–H and O–H groups in total. The van der Waals surface area contributed by atoms with Gasteiger partial charge in [0.2, 0.25) is 0 Å². The zero-order valence-electron chi connectivity index (χ0n) is 15.6. The van der Waals surface area contributed by atoms with Crippen LogP contribution in [0, 0.1) is 0 Å². The summed E-state index contributed by atoms with van der Waals surface area (Å²) in [6.07, 6.45) is 6.58. The van der Waals surface area contributed by atoms with Crippen LogP contribution in [-0.2, 0) is 6.54 Å². The summed E-state index contributed by atoms with van der Waals surface area (Å²) in [5.41, 5.74) is 2.29. The largest absolute Gasteiger partial charge is 0.360 e. The topological polar surface area (TPSA) is 45.4 Å². The van der Waals surface area contributed by atoms with Crippen LogP contribution in [-0.4, -0.2) is 41.2 Å². The number of para-hydroxylation sites is 1. The highest BCUT2D eigenvalue weighted by Gasteiger charge is 2.23. The molecule has 1 aliphatic heterocycles. The zero-order chi connectivity index (χ0) is 18.1. The second-order valence-corrected chi connectivity index (χ2v) is 8.79. The number of nitrogens with zero attached hydrogens (tertiary/aromatic N) is 4. The lowest BCUT2D eigenvalue weighted by Crippen LogP contribution is -2.45. The molecule has 2 aliphatic rings. The summed E-state index contributed by atoms with van der Waals surface area (Å²) in [6, 6.07) is 10.6. The minimum atomic E-state index is 0.618. The number of piperazine rings is 1. The van der Waals surface area contributed by atoms with Crippen molar-refractivity contribution in [3.63, 3.8) is 0 Å². The lowest BCUT2D eigenvalue weighted by molar-refractivity contribution is 0.219. The van der Waals surface area contributed by atoms with Crippen molar-refractivity contribution in [1.29, 1.82) is 0 Å². The molecule has 0 unspecified atom stereocenters. The van der Waals surface area contributed by atoms with Crippen LogP contribution in [0.3, 0.4) is 0 Å². The lowest BCUT2D eigenvalue weighted by atomic mass is 9.87. The predicted octanol–water partition coefficient (Wildman–Crippen LogP) is 4.65. The predicted molar refractivity (Wildman–Crippen MR) is 109 cm³/mol. The quantitative estimate of drug-likeness (QED) is 0.657. The molecule has 1 saturated carbocycles. The molecule has 2 fully saturated rings. The normalized spacial score (nSPS) is 19.8. The molecule has 1 aliphatic carbocycles. The van der Waals surface area contributed by atoms with Crippen LogP contribution in [0.2, 0.25) is 0 Å². The van der Waals surface area contributed by atoms with Crippen molar-refractivity contribution < 1.29 is 4.52 Å². The molecule has 2 aromatic heterocycles. The van der Waals surface area contributed by atoms with Gasteiger partial charge in [-0.25, -0.2) is 4.98 Å². The van der Waals surface area contributed by atoms with Gasteiger partial charge in [-0.3, -0.25) is 4.90 Å². The number of fused-ring (bicyclic) bond motifs is 1. The Morgan fingerprint density at radius 3 is 2.67 bits per heavy atom. The van der Waals surface area contributed by atoms with E-state index in [9.17, 15) is 0 Å². The molecular weight excluding hydrogens is 356 g/mol. The second-order valence-electron chi connectivity index (χ2n) is 7.78. The highest BCUT2D eigenvalue weighted by Crippen LogP contribution is 2.32. The SMILES string of the molecule is c1ccc2sc(N3CCN(Cc4cc(C5CCCCC5)no4)CC3)nc2c1. The van der Waals surface area contributed by atoms with E-state index in [2.05, 4.69) is 45.3 Å². The third kappa shape index (κ3) is 3.73. The van der Waals surface area contributed by atoms with Crippen molar-refractivity contribution in [2.24, 2.45) is 0 Å². The van der Waals surface area contributed by atoms with Gasteiger partial charge in [-0.2, -0.15) is 0 Å². The number of rotatable bonds is 4. The van der Waals surface area contributed by atoms with Gasteiger partial charge in [-0.15, -0.1) is 0 Å². The zero-order valence-corrected chi connectivity index (χ0v) is 16.5. The van der Waals surface area contributed by atoms with Crippen LogP contribution in [0.1, 0.15) is 49.5 Å². The van der Waals surface area contributed by atoms with E-state index >= 15 is 0 Å². The molecule has 0 spiro atoms. The van der Waals surface area contributed by atoms with Crippen LogP contribution in [0.25, 0.3) is 10.2 Å². The molecule has 142 valence electrons. The van der Waals surface area contributed by atoms with Crippen molar-refractivity contribution in [3.05, 3.63) is 41.8 Å². The van der Waals surface area contributed by atoms with Crippen LogP contribution in [0.4, 0.5) is 5.13 Å². The number of anilines is 1. The van der Waals surface area contributed by atoms with Crippen molar-refractivity contribution in [1.82, 2.24) is 15.0 Å². The standard InChI is InChI=1S/C21H26N4OS/c1-2-6-16(7-3-1)19-14-17(26-23-19)15-24-10-12-25(13-11-24)21-22-18-8-4-5-9-20(18)27-21/h4-5,8-9,14,16H,1-3,6-7,10-13,15H2. The van der Waals surface area contributed by atoms with Crippen molar-refractivity contribution in [3.8, 4) is 0 Å². The first-order valence-corrected chi connectivity index (χ1v) is 11.0. The van der Waals surface area contributed by atoms with E-state index in [1.807, 2.05) is 0 Å². The number of benzene rings is 1. The summed E-state index contributed by atoms with van der Waals surface area (Å²) >= 11 is 1.80. The summed E-state index contributed by atoms with van der Waals surface area (Å²) in [6.45, 7) is 4.98.